The SMILES string of the molecule is O=C(C1CCCCCC1)C(CCN1CCCC(c2ccc(F)c3ccoc23)CC1)c1ccccn1. The molecule has 1 aromatic carbocycles. The van der Waals surface area contributed by atoms with E-state index in [9.17, 15) is 9.18 Å². The number of ketones is 1. The van der Waals surface area contributed by atoms with Crippen LogP contribution in [-0.4, -0.2) is 35.3 Å². The molecule has 3 aromatic rings. The smallest absolute Gasteiger partial charge is 0.145 e. The molecule has 4 nitrogen and oxygen atoms in total. The number of carbonyl (C=O) groups excluding carboxylic acids is 1. The molecule has 35 heavy (non-hydrogen) atoms. The average Bonchev–Trinajstić information content (AvgIpc) is 3.07. The van der Waals surface area contributed by atoms with Crippen molar-refractivity contribution < 1.29 is 13.6 Å². The van der Waals surface area contributed by atoms with Gasteiger partial charge in [-0.1, -0.05) is 37.8 Å². The predicted octanol–water partition coefficient (Wildman–Crippen LogP) is 7.25. The first kappa shape index (κ1) is 24.2. The molecule has 0 amide bonds. The van der Waals surface area contributed by atoms with Gasteiger partial charge < -0.3 is 9.32 Å². The monoisotopic (exact) mass is 476 g/mol. The van der Waals surface area contributed by atoms with E-state index in [0.29, 0.717) is 22.7 Å². The number of aromatic nitrogens is 1. The zero-order chi connectivity index (χ0) is 24.0. The molecule has 2 unspecified atom stereocenters. The fourth-order valence-corrected chi connectivity index (χ4v) is 6.24. The number of likely N-dealkylation sites (tertiary alicyclic amines) is 1. The second-order valence-electron chi connectivity index (χ2n) is 10.5. The van der Waals surface area contributed by atoms with Crippen LogP contribution in [-0.2, 0) is 4.79 Å². The van der Waals surface area contributed by atoms with E-state index in [0.717, 1.165) is 69.4 Å². The maximum Gasteiger partial charge on any atom is 0.145 e. The van der Waals surface area contributed by atoms with E-state index < -0.39 is 0 Å². The number of pyridine rings is 1. The third-order valence-corrected chi connectivity index (χ3v) is 8.23. The standard InChI is InChI=1S/C30H37FN2O2/c31-27-13-12-24(30-25(27)16-21-35-30)22-10-7-18-33(19-14-22)20-15-26(28-11-5-6-17-32-28)29(34)23-8-3-1-2-4-9-23/h5-6,11-13,16-17,21-23,26H,1-4,7-10,14-15,18-20H2. The van der Waals surface area contributed by atoms with Crippen LogP contribution in [0.1, 0.15) is 87.3 Å². The third kappa shape index (κ3) is 5.66. The number of furan rings is 1. The number of nitrogens with zero attached hydrogens (tertiary/aromatic N) is 2. The van der Waals surface area contributed by atoms with E-state index in [1.165, 1.54) is 25.7 Å². The number of halogens is 1. The van der Waals surface area contributed by atoms with Gasteiger partial charge in [-0.15, -0.1) is 0 Å². The van der Waals surface area contributed by atoms with E-state index in [-0.39, 0.29) is 17.7 Å². The van der Waals surface area contributed by atoms with Crippen LogP contribution in [0.25, 0.3) is 11.0 Å². The number of hydrogen-bond acceptors (Lipinski definition) is 4. The van der Waals surface area contributed by atoms with Crippen molar-refractivity contribution in [1.82, 2.24) is 9.88 Å². The lowest BCUT2D eigenvalue weighted by Gasteiger charge is -2.25. The van der Waals surface area contributed by atoms with Crippen molar-refractivity contribution >= 4 is 16.8 Å². The second kappa shape index (κ2) is 11.5. The van der Waals surface area contributed by atoms with Crippen molar-refractivity contribution in [3.63, 3.8) is 0 Å². The molecular weight excluding hydrogens is 439 g/mol. The minimum atomic E-state index is -0.216. The van der Waals surface area contributed by atoms with Gasteiger partial charge in [0.1, 0.15) is 17.2 Å². The molecule has 2 aliphatic rings. The van der Waals surface area contributed by atoms with Crippen LogP contribution in [0.3, 0.4) is 0 Å². The number of hydrogen-bond donors (Lipinski definition) is 0. The number of rotatable bonds is 7. The van der Waals surface area contributed by atoms with Crippen LogP contribution < -0.4 is 0 Å². The Hall–Kier alpha value is -2.53. The number of benzene rings is 1. The van der Waals surface area contributed by atoms with Gasteiger partial charge in [0.15, 0.2) is 0 Å². The first-order chi connectivity index (χ1) is 17.2. The molecule has 5 rings (SSSR count). The highest BCUT2D eigenvalue weighted by Gasteiger charge is 2.30. The summed E-state index contributed by atoms with van der Waals surface area (Å²) in [5.74, 6) is 0.635. The van der Waals surface area contributed by atoms with Crippen molar-refractivity contribution in [2.45, 2.75) is 76.0 Å². The molecule has 5 heteroatoms. The Morgan fingerprint density at radius 2 is 1.86 bits per heavy atom. The van der Waals surface area contributed by atoms with Gasteiger partial charge in [-0.3, -0.25) is 9.78 Å². The van der Waals surface area contributed by atoms with Crippen LogP contribution in [0.4, 0.5) is 4.39 Å². The van der Waals surface area contributed by atoms with Gasteiger partial charge >= 0.3 is 0 Å². The maximum absolute atomic E-state index is 14.1. The van der Waals surface area contributed by atoms with E-state index in [1.54, 1.807) is 18.4 Å². The summed E-state index contributed by atoms with van der Waals surface area (Å²) in [5, 5.41) is 0.582. The van der Waals surface area contributed by atoms with Crippen molar-refractivity contribution in [2.24, 2.45) is 5.92 Å². The summed E-state index contributed by atoms with van der Waals surface area (Å²) in [6.45, 7) is 2.92. The van der Waals surface area contributed by atoms with Crippen molar-refractivity contribution in [3.05, 3.63) is 65.9 Å². The molecule has 0 bridgehead atoms. The van der Waals surface area contributed by atoms with Gasteiger partial charge in [0.05, 0.1) is 23.3 Å². The molecule has 0 spiro atoms. The molecule has 2 aromatic heterocycles. The zero-order valence-electron chi connectivity index (χ0n) is 20.6. The summed E-state index contributed by atoms with van der Waals surface area (Å²) in [6, 6.07) is 11.2. The Balaban J connectivity index is 1.25. The van der Waals surface area contributed by atoms with Crippen LogP contribution >= 0.6 is 0 Å². The third-order valence-electron chi connectivity index (χ3n) is 8.23. The number of Topliss-reactive ketones (excluding diaryl/α,β-unsaturated/α-hetero) is 1. The molecule has 186 valence electrons. The summed E-state index contributed by atoms with van der Waals surface area (Å²) in [4.78, 5) is 20.8. The van der Waals surface area contributed by atoms with Crippen LogP contribution in [0.15, 0.2) is 53.3 Å². The first-order valence-electron chi connectivity index (χ1n) is 13.5. The summed E-state index contributed by atoms with van der Waals surface area (Å²) >= 11 is 0. The van der Waals surface area contributed by atoms with Gasteiger partial charge in [0.2, 0.25) is 0 Å². The molecule has 1 saturated heterocycles. The average molecular weight is 477 g/mol. The fraction of sp³-hybridized carbons (Fsp3) is 0.533. The highest BCUT2D eigenvalue weighted by atomic mass is 19.1. The van der Waals surface area contributed by atoms with Gasteiger partial charge in [-0.25, -0.2) is 4.39 Å². The maximum atomic E-state index is 14.1. The summed E-state index contributed by atoms with van der Waals surface area (Å²) in [6.07, 6.45) is 14.3. The Morgan fingerprint density at radius 1 is 1.00 bits per heavy atom. The summed E-state index contributed by atoms with van der Waals surface area (Å²) in [7, 11) is 0. The Bertz CT molecular complexity index is 1100. The van der Waals surface area contributed by atoms with Crippen molar-refractivity contribution in [3.8, 4) is 0 Å². The highest BCUT2D eigenvalue weighted by molar-refractivity contribution is 5.87. The quantitative estimate of drug-likeness (QED) is 0.337. The van der Waals surface area contributed by atoms with Crippen LogP contribution in [0, 0.1) is 11.7 Å². The van der Waals surface area contributed by atoms with Crippen LogP contribution in [0.2, 0.25) is 0 Å². The Morgan fingerprint density at radius 3 is 2.66 bits per heavy atom. The number of carbonyl (C=O) groups is 1. The van der Waals surface area contributed by atoms with Gasteiger partial charge in [0.25, 0.3) is 0 Å². The van der Waals surface area contributed by atoms with Gasteiger partial charge in [-0.2, -0.15) is 0 Å². The lowest BCUT2D eigenvalue weighted by Crippen LogP contribution is -2.30. The Labute approximate surface area is 207 Å². The fourth-order valence-electron chi connectivity index (χ4n) is 6.24. The minimum Gasteiger partial charge on any atom is -0.464 e. The molecule has 2 fully saturated rings. The molecule has 3 heterocycles. The van der Waals surface area contributed by atoms with E-state index >= 15 is 0 Å². The molecular formula is C30H37FN2O2. The molecule has 2 atom stereocenters. The first-order valence-corrected chi connectivity index (χ1v) is 13.5. The zero-order valence-corrected chi connectivity index (χ0v) is 20.6. The largest absolute Gasteiger partial charge is 0.464 e. The van der Waals surface area contributed by atoms with Crippen LogP contribution in [0.5, 0.6) is 0 Å². The van der Waals surface area contributed by atoms with Gasteiger partial charge in [0, 0.05) is 12.1 Å². The summed E-state index contributed by atoms with van der Waals surface area (Å²) < 4.78 is 19.8. The number of fused-ring (bicyclic) bond motifs is 1. The molecule has 0 N–H and O–H groups in total. The molecule has 1 aliphatic carbocycles. The molecule has 0 radical (unpaired) electrons. The van der Waals surface area contributed by atoms with Crippen molar-refractivity contribution in [1.29, 1.82) is 0 Å². The van der Waals surface area contributed by atoms with E-state index in [1.807, 2.05) is 30.5 Å². The lowest BCUT2D eigenvalue weighted by atomic mass is 9.83. The van der Waals surface area contributed by atoms with E-state index in [4.69, 9.17) is 4.42 Å². The van der Waals surface area contributed by atoms with Crippen molar-refractivity contribution in [2.75, 3.05) is 19.6 Å². The second-order valence-corrected chi connectivity index (χ2v) is 10.5. The normalized spacial score (nSPS) is 21.5. The van der Waals surface area contributed by atoms with Gasteiger partial charge in [-0.05, 0) is 93.9 Å². The topological polar surface area (TPSA) is 46.3 Å². The lowest BCUT2D eigenvalue weighted by molar-refractivity contribution is -0.125. The van der Waals surface area contributed by atoms with E-state index in [2.05, 4.69) is 9.88 Å². The molecule has 1 aliphatic heterocycles. The highest BCUT2D eigenvalue weighted by Crippen LogP contribution is 2.35. The predicted molar refractivity (Wildman–Crippen MR) is 137 cm³/mol. The Kier molecular flexibility index (Phi) is 7.92. The summed E-state index contributed by atoms with van der Waals surface area (Å²) in [5.41, 5.74) is 2.76. The minimum absolute atomic E-state index is 0.113. The molecule has 1 saturated carbocycles.